The predicted octanol–water partition coefficient (Wildman–Crippen LogP) is 1.74. The average Bonchev–Trinajstić information content (AvgIpc) is 2.48. The first kappa shape index (κ1) is 12.8. The highest BCUT2D eigenvalue weighted by atomic mass is 16.5. The second kappa shape index (κ2) is 5.83. The fraction of sp³-hybridized carbons (Fsp3) is 0.923. The monoisotopic (exact) mass is 241 g/mol. The molecule has 1 aliphatic carbocycles. The van der Waals surface area contributed by atoms with Crippen LogP contribution in [0.4, 0.5) is 0 Å². The largest absolute Gasteiger partial charge is 0.480 e. The van der Waals surface area contributed by atoms with Crippen LogP contribution in [0.3, 0.4) is 0 Å². The standard InChI is InChI=1S/C13H23NO3/c15-12(16)9-17-8-7-14-10-13(11-14)5-3-1-2-4-6-13/h1-11H2,(H,15,16). The molecular formula is C13H23NO3. The third kappa shape index (κ3) is 3.68. The molecule has 0 aromatic rings. The van der Waals surface area contributed by atoms with Gasteiger partial charge in [0, 0.05) is 19.6 Å². The van der Waals surface area contributed by atoms with Crippen LogP contribution >= 0.6 is 0 Å². The van der Waals surface area contributed by atoms with Gasteiger partial charge in [-0.2, -0.15) is 0 Å². The maximum atomic E-state index is 10.3. The average molecular weight is 241 g/mol. The molecule has 2 rings (SSSR count). The number of nitrogens with zero attached hydrogens (tertiary/aromatic N) is 1. The van der Waals surface area contributed by atoms with E-state index in [1.807, 2.05) is 0 Å². The maximum Gasteiger partial charge on any atom is 0.329 e. The predicted molar refractivity (Wildman–Crippen MR) is 65.0 cm³/mol. The molecule has 1 aliphatic heterocycles. The Hall–Kier alpha value is -0.610. The van der Waals surface area contributed by atoms with E-state index < -0.39 is 5.97 Å². The Balaban J connectivity index is 1.59. The Labute approximate surface area is 103 Å². The Morgan fingerprint density at radius 1 is 1.18 bits per heavy atom. The normalized spacial score (nSPS) is 24.2. The van der Waals surface area contributed by atoms with Crippen LogP contribution in [0.5, 0.6) is 0 Å². The molecule has 98 valence electrons. The van der Waals surface area contributed by atoms with Gasteiger partial charge in [0.1, 0.15) is 6.61 Å². The van der Waals surface area contributed by atoms with Crippen molar-refractivity contribution in [1.82, 2.24) is 4.90 Å². The number of carbonyl (C=O) groups is 1. The molecule has 0 atom stereocenters. The fourth-order valence-electron chi connectivity index (χ4n) is 3.21. The van der Waals surface area contributed by atoms with E-state index in [2.05, 4.69) is 4.90 Å². The van der Waals surface area contributed by atoms with Crippen LogP contribution in [-0.4, -0.2) is 48.8 Å². The van der Waals surface area contributed by atoms with Crippen LogP contribution in [0.1, 0.15) is 38.5 Å². The van der Waals surface area contributed by atoms with Crippen molar-refractivity contribution in [2.45, 2.75) is 38.5 Å². The molecule has 0 amide bonds. The molecule has 0 aromatic heterocycles. The van der Waals surface area contributed by atoms with Gasteiger partial charge in [-0.3, -0.25) is 4.90 Å². The highest BCUT2D eigenvalue weighted by Gasteiger charge is 2.41. The van der Waals surface area contributed by atoms with E-state index in [9.17, 15) is 4.79 Å². The van der Waals surface area contributed by atoms with Crippen molar-refractivity contribution in [3.63, 3.8) is 0 Å². The zero-order chi connectivity index (χ0) is 12.1. The second-order valence-electron chi connectivity index (χ2n) is 5.57. The quantitative estimate of drug-likeness (QED) is 0.745. The first-order valence-corrected chi connectivity index (χ1v) is 6.72. The van der Waals surface area contributed by atoms with E-state index in [1.165, 1.54) is 51.6 Å². The van der Waals surface area contributed by atoms with Gasteiger partial charge in [-0.25, -0.2) is 4.79 Å². The number of rotatable bonds is 5. The number of carboxylic acids is 1. The van der Waals surface area contributed by atoms with Crippen molar-refractivity contribution in [1.29, 1.82) is 0 Å². The Morgan fingerprint density at radius 2 is 1.82 bits per heavy atom. The summed E-state index contributed by atoms with van der Waals surface area (Å²) in [5.74, 6) is -0.881. The molecule has 1 saturated heterocycles. The summed E-state index contributed by atoms with van der Waals surface area (Å²) in [5, 5.41) is 8.44. The van der Waals surface area contributed by atoms with Crippen molar-refractivity contribution < 1.29 is 14.6 Å². The lowest BCUT2D eigenvalue weighted by atomic mass is 9.73. The summed E-state index contributed by atoms with van der Waals surface area (Å²) >= 11 is 0. The van der Waals surface area contributed by atoms with Gasteiger partial charge in [-0.15, -0.1) is 0 Å². The van der Waals surface area contributed by atoms with E-state index in [-0.39, 0.29) is 6.61 Å². The van der Waals surface area contributed by atoms with Crippen LogP contribution in [0.2, 0.25) is 0 Å². The highest BCUT2D eigenvalue weighted by Crippen LogP contribution is 2.42. The summed E-state index contributed by atoms with van der Waals surface area (Å²) in [6, 6.07) is 0. The molecule has 1 N–H and O–H groups in total. The molecule has 0 unspecified atom stereocenters. The second-order valence-corrected chi connectivity index (χ2v) is 5.57. The number of carboxylic acid groups (broad SMARTS) is 1. The lowest BCUT2D eigenvalue weighted by Crippen LogP contribution is -2.56. The number of aliphatic carboxylic acids is 1. The molecule has 4 nitrogen and oxygen atoms in total. The van der Waals surface area contributed by atoms with Gasteiger partial charge in [0.15, 0.2) is 0 Å². The summed E-state index contributed by atoms with van der Waals surface area (Å²) in [6.07, 6.45) is 8.37. The highest BCUT2D eigenvalue weighted by molar-refractivity contribution is 5.67. The first-order valence-electron chi connectivity index (χ1n) is 6.72. The summed E-state index contributed by atoms with van der Waals surface area (Å²) in [6.45, 7) is 3.66. The molecule has 1 spiro atoms. The van der Waals surface area contributed by atoms with Crippen molar-refractivity contribution in [2.75, 3.05) is 32.8 Å². The smallest absolute Gasteiger partial charge is 0.329 e. The summed E-state index contributed by atoms with van der Waals surface area (Å²) in [7, 11) is 0. The summed E-state index contributed by atoms with van der Waals surface area (Å²) in [4.78, 5) is 12.7. The lowest BCUT2D eigenvalue weighted by molar-refractivity contribution is -0.142. The number of likely N-dealkylation sites (tertiary alicyclic amines) is 1. The Bertz CT molecular complexity index is 251. The summed E-state index contributed by atoms with van der Waals surface area (Å²) < 4.78 is 5.06. The van der Waals surface area contributed by atoms with Crippen molar-refractivity contribution >= 4 is 5.97 Å². The minimum atomic E-state index is -0.881. The zero-order valence-electron chi connectivity index (χ0n) is 10.5. The third-order valence-electron chi connectivity index (χ3n) is 4.06. The van der Waals surface area contributed by atoms with E-state index in [1.54, 1.807) is 0 Å². The van der Waals surface area contributed by atoms with Crippen LogP contribution < -0.4 is 0 Å². The molecular weight excluding hydrogens is 218 g/mol. The van der Waals surface area contributed by atoms with Crippen molar-refractivity contribution in [3.8, 4) is 0 Å². The van der Waals surface area contributed by atoms with Crippen LogP contribution in [0, 0.1) is 5.41 Å². The molecule has 4 heteroatoms. The Morgan fingerprint density at radius 3 is 2.41 bits per heavy atom. The number of ether oxygens (including phenoxy) is 1. The van der Waals surface area contributed by atoms with Gasteiger partial charge in [0.2, 0.25) is 0 Å². The van der Waals surface area contributed by atoms with E-state index >= 15 is 0 Å². The van der Waals surface area contributed by atoms with E-state index in [0.29, 0.717) is 12.0 Å². The van der Waals surface area contributed by atoms with Gasteiger partial charge in [0.05, 0.1) is 6.61 Å². The van der Waals surface area contributed by atoms with Crippen LogP contribution in [0.25, 0.3) is 0 Å². The van der Waals surface area contributed by atoms with Crippen molar-refractivity contribution in [2.24, 2.45) is 5.41 Å². The molecule has 0 radical (unpaired) electrons. The molecule has 1 saturated carbocycles. The summed E-state index contributed by atoms with van der Waals surface area (Å²) in [5.41, 5.74) is 0.600. The van der Waals surface area contributed by atoms with Crippen LogP contribution in [-0.2, 0) is 9.53 Å². The zero-order valence-corrected chi connectivity index (χ0v) is 10.5. The molecule has 1 heterocycles. The van der Waals surface area contributed by atoms with E-state index in [0.717, 1.165) is 6.54 Å². The molecule has 2 fully saturated rings. The topological polar surface area (TPSA) is 49.8 Å². The fourth-order valence-corrected chi connectivity index (χ4v) is 3.21. The lowest BCUT2D eigenvalue weighted by Gasteiger charge is -2.50. The molecule has 17 heavy (non-hydrogen) atoms. The maximum absolute atomic E-state index is 10.3. The Kier molecular flexibility index (Phi) is 4.40. The molecule has 2 aliphatic rings. The van der Waals surface area contributed by atoms with E-state index in [4.69, 9.17) is 9.84 Å². The molecule has 0 bridgehead atoms. The SMILES string of the molecule is O=C(O)COCCN1CC2(CCCCCC2)C1. The van der Waals surface area contributed by atoms with Gasteiger partial charge < -0.3 is 9.84 Å². The van der Waals surface area contributed by atoms with Gasteiger partial charge in [0.25, 0.3) is 0 Å². The third-order valence-corrected chi connectivity index (χ3v) is 4.06. The minimum absolute atomic E-state index is 0.168. The molecule has 0 aromatic carbocycles. The van der Waals surface area contributed by atoms with Gasteiger partial charge in [-0.1, -0.05) is 25.7 Å². The number of hydrogen-bond acceptors (Lipinski definition) is 3. The minimum Gasteiger partial charge on any atom is -0.480 e. The van der Waals surface area contributed by atoms with Crippen molar-refractivity contribution in [3.05, 3.63) is 0 Å². The number of hydrogen-bond donors (Lipinski definition) is 1. The van der Waals surface area contributed by atoms with Gasteiger partial charge >= 0.3 is 5.97 Å². The first-order chi connectivity index (χ1) is 8.20. The van der Waals surface area contributed by atoms with Gasteiger partial charge in [-0.05, 0) is 18.3 Å². The van der Waals surface area contributed by atoms with Crippen LogP contribution in [0.15, 0.2) is 0 Å².